The summed E-state index contributed by atoms with van der Waals surface area (Å²) in [7, 11) is -4.19. The van der Waals surface area contributed by atoms with Gasteiger partial charge in [0.15, 0.2) is 16.6 Å². The Kier molecular flexibility index (Phi) is 14.7. The lowest BCUT2D eigenvalue weighted by Gasteiger charge is -2.40. The van der Waals surface area contributed by atoms with Crippen LogP contribution in [0.1, 0.15) is 94.4 Å². The van der Waals surface area contributed by atoms with E-state index in [4.69, 9.17) is 8.85 Å². The Morgan fingerprint density at radius 2 is 1.67 bits per heavy atom. The standard InChI is InChI=1S/C34H59BrO5Si2/c1-14-15-17-24(2)30(39-41(10,11)33(4,5)6)21-20-27-28(22-26(35)19-16-18-25(3)32(37)38)29(36)23-31(27)40-42(12,13)34(7,8)9/h19-21,24-25,27-28,30-31H,16-18,22-23H2,1-13H3,(H,37,38)/b21-20+,26-19?/t24?,25?,27-,28-,30-,31-/m1/s1. The van der Waals surface area contributed by atoms with Crippen molar-refractivity contribution >= 4 is 44.3 Å². The van der Waals surface area contributed by atoms with Gasteiger partial charge in [-0.3, -0.25) is 9.59 Å². The molecule has 0 aromatic heterocycles. The molecule has 0 amide bonds. The van der Waals surface area contributed by atoms with Crippen LogP contribution in [0.3, 0.4) is 0 Å². The summed E-state index contributed by atoms with van der Waals surface area (Å²) in [5, 5.41) is 9.33. The summed E-state index contributed by atoms with van der Waals surface area (Å²) in [4.78, 5) is 24.8. The van der Waals surface area contributed by atoms with Crippen molar-refractivity contribution < 1.29 is 23.5 Å². The van der Waals surface area contributed by atoms with Crippen LogP contribution in [0, 0.1) is 35.5 Å². The van der Waals surface area contributed by atoms with Gasteiger partial charge in [0.1, 0.15) is 5.78 Å². The minimum atomic E-state index is -2.12. The summed E-state index contributed by atoms with van der Waals surface area (Å²) < 4.78 is 14.8. The first-order chi connectivity index (χ1) is 19.0. The van der Waals surface area contributed by atoms with Crippen molar-refractivity contribution in [2.45, 2.75) is 143 Å². The maximum atomic E-state index is 13.6. The van der Waals surface area contributed by atoms with Crippen molar-refractivity contribution in [1.82, 2.24) is 0 Å². The fraction of sp³-hybridized carbons (Fsp3) is 0.765. The smallest absolute Gasteiger partial charge is 0.306 e. The molecule has 5 nitrogen and oxygen atoms in total. The first-order valence-electron chi connectivity index (χ1n) is 15.6. The topological polar surface area (TPSA) is 72.8 Å². The third-order valence-electron chi connectivity index (χ3n) is 9.69. The average Bonchev–Trinajstić information content (AvgIpc) is 3.11. The van der Waals surface area contributed by atoms with E-state index in [0.717, 1.165) is 10.9 Å². The van der Waals surface area contributed by atoms with E-state index in [0.29, 0.717) is 25.7 Å². The van der Waals surface area contributed by atoms with Crippen LogP contribution in [0.2, 0.25) is 36.3 Å². The zero-order valence-electron chi connectivity index (χ0n) is 28.7. The lowest BCUT2D eigenvalue weighted by atomic mass is 9.89. The zero-order chi connectivity index (χ0) is 32.7. The second kappa shape index (κ2) is 15.8. The predicted octanol–water partition coefficient (Wildman–Crippen LogP) is 9.75. The number of hydrogen-bond donors (Lipinski definition) is 1. The summed E-state index contributed by atoms with van der Waals surface area (Å²) in [5.74, 6) is 5.25. The molecule has 0 aromatic carbocycles. The van der Waals surface area contributed by atoms with E-state index in [1.807, 2.05) is 13.0 Å². The number of halogens is 1. The Hall–Kier alpha value is -0.986. The molecule has 8 heteroatoms. The third kappa shape index (κ3) is 11.5. The Bertz CT molecular complexity index is 1040. The Balaban J connectivity index is 3.44. The molecular formula is C34H59BrO5Si2. The molecular weight excluding hydrogens is 624 g/mol. The molecule has 0 heterocycles. The molecule has 0 aliphatic heterocycles. The fourth-order valence-corrected chi connectivity index (χ4v) is 7.80. The van der Waals surface area contributed by atoms with Gasteiger partial charge < -0.3 is 14.0 Å². The molecule has 1 saturated carbocycles. The minimum Gasteiger partial charge on any atom is -0.481 e. The molecule has 0 saturated heterocycles. The second-order valence-electron chi connectivity index (χ2n) is 15.3. The monoisotopic (exact) mass is 682 g/mol. The molecule has 1 N–H and O–H groups in total. The number of carboxylic acids is 1. The van der Waals surface area contributed by atoms with Gasteiger partial charge in [-0.15, -0.1) is 11.8 Å². The molecule has 240 valence electrons. The van der Waals surface area contributed by atoms with Crippen LogP contribution in [0.4, 0.5) is 0 Å². The van der Waals surface area contributed by atoms with E-state index < -0.39 is 28.5 Å². The molecule has 0 spiro atoms. The summed E-state index contributed by atoms with van der Waals surface area (Å²) in [6, 6.07) is 0. The van der Waals surface area contributed by atoms with E-state index in [1.54, 1.807) is 6.92 Å². The van der Waals surface area contributed by atoms with Gasteiger partial charge in [0.2, 0.25) is 0 Å². The molecule has 0 aromatic rings. The molecule has 0 radical (unpaired) electrons. The Morgan fingerprint density at radius 3 is 2.17 bits per heavy atom. The Morgan fingerprint density at radius 1 is 1.10 bits per heavy atom. The second-order valence-corrected chi connectivity index (χ2v) is 25.8. The maximum Gasteiger partial charge on any atom is 0.306 e. The SMILES string of the molecule is CC#CCC(C)[C@@H](/C=C/[C@H]1[C@H](O[Si](C)(C)C(C)(C)C)CC(=O)[C@@H]1CC(Br)=CCCC(C)C(=O)O)O[Si](C)(C)C(C)(C)C. The number of ketones is 1. The first-order valence-corrected chi connectivity index (χ1v) is 22.2. The van der Waals surface area contributed by atoms with Gasteiger partial charge in [-0.25, -0.2) is 0 Å². The van der Waals surface area contributed by atoms with Crippen molar-refractivity contribution in [3.05, 3.63) is 22.7 Å². The van der Waals surface area contributed by atoms with Gasteiger partial charge in [-0.2, -0.15) is 0 Å². The average molecular weight is 684 g/mol. The zero-order valence-corrected chi connectivity index (χ0v) is 32.3. The fourth-order valence-electron chi connectivity index (χ4n) is 4.53. The normalized spacial score (nSPS) is 23.0. The highest BCUT2D eigenvalue weighted by molar-refractivity contribution is 9.11. The van der Waals surface area contributed by atoms with Crippen LogP contribution in [0.25, 0.3) is 0 Å². The van der Waals surface area contributed by atoms with E-state index in [1.165, 1.54) is 0 Å². The highest BCUT2D eigenvalue weighted by Gasteiger charge is 2.47. The molecule has 1 rings (SSSR count). The maximum absolute atomic E-state index is 13.6. The summed E-state index contributed by atoms with van der Waals surface area (Å²) in [6.07, 6.45) is 9.13. The van der Waals surface area contributed by atoms with Crippen LogP contribution < -0.4 is 0 Å². The van der Waals surface area contributed by atoms with Crippen molar-refractivity contribution in [2.75, 3.05) is 0 Å². The molecule has 0 bridgehead atoms. The molecule has 42 heavy (non-hydrogen) atoms. The van der Waals surface area contributed by atoms with Crippen molar-refractivity contribution in [2.24, 2.45) is 23.7 Å². The van der Waals surface area contributed by atoms with Crippen molar-refractivity contribution in [3.8, 4) is 11.8 Å². The number of hydrogen-bond acceptors (Lipinski definition) is 4. The van der Waals surface area contributed by atoms with Crippen molar-refractivity contribution in [1.29, 1.82) is 0 Å². The number of aliphatic carboxylic acids is 1. The van der Waals surface area contributed by atoms with Crippen LogP contribution in [-0.4, -0.2) is 45.7 Å². The van der Waals surface area contributed by atoms with Gasteiger partial charge in [-0.05, 0) is 72.9 Å². The minimum absolute atomic E-state index is 0.0328. The number of carbonyl (C=O) groups excluding carboxylic acids is 1. The van der Waals surface area contributed by atoms with Crippen LogP contribution in [0.15, 0.2) is 22.7 Å². The lowest BCUT2D eigenvalue weighted by molar-refractivity contribution is -0.141. The van der Waals surface area contributed by atoms with Crippen LogP contribution in [-0.2, 0) is 18.4 Å². The quantitative estimate of drug-likeness (QED) is 0.112. The van der Waals surface area contributed by atoms with E-state index in [9.17, 15) is 14.7 Å². The molecule has 1 aliphatic carbocycles. The number of allylic oxidation sites excluding steroid dienone is 2. The third-order valence-corrected chi connectivity index (χ3v) is 19.3. The number of Topliss-reactive ketones (excluding diaryl/α,β-unsaturated/α-hetero) is 1. The predicted molar refractivity (Wildman–Crippen MR) is 185 cm³/mol. The highest BCUT2D eigenvalue weighted by Crippen LogP contribution is 2.44. The number of rotatable bonds is 14. The first kappa shape index (κ1) is 39.0. The number of carbonyl (C=O) groups is 2. The van der Waals surface area contributed by atoms with Crippen molar-refractivity contribution in [3.63, 3.8) is 0 Å². The molecule has 1 fully saturated rings. The van der Waals surface area contributed by atoms with Crippen LogP contribution in [0.5, 0.6) is 0 Å². The summed E-state index contributed by atoms with van der Waals surface area (Å²) in [5.41, 5.74) is 0. The number of carboxylic acid groups (broad SMARTS) is 1. The van der Waals surface area contributed by atoms with E-state index >= 15 is 0 Å². The van der Waals surface area contributed by atoms with Gasteiger partial charge in [-0.1, -0.05) is 89.5 Å². The highest BCUT2D eigenvalue weighted by atomic mass is 79.9. The van der Waals surface area contributed by atoms with Gasteiger partial charge >= 0.3 is 5.97 Å². The summed E-state index contributed by atoms with van der Waals surface area (Å²) in [6.45, 7) is 28.3. The molecule has 2 unspecified atom stereocenters. The van der Waals surface area contributed by atoms with E-state index in [2.05, 4.69) is 115 Å². The van der Waals surface area contributed by atoms with Gasteiger partial charge in [0, 0.05) is 24.7 Å². The van der Waals surface area contributed by atoms with Gasteiger partial charge in [0.05, 0.1) is 18.1 Å². The van der Waals surface area contributed by atoms with E-state index in [-0.39, 0.29) is 45.8 Å². The molecule has 1 aliphatic rings. The lowest BCUT2D eigenvalue weighted by Crippen LogP contribution is -2.45. The Labute approximate surface area is 268 Å². The van der Waals surface area contributed by atoms with Crippen LogP contribution >= 0.6 is 15.9 Å². The molecule has 6 atom stereocenters. The largest absolute Gasteiger partial charge is 0.481 e. The summed E-state index contributed by atoms with van der Waals surface area (Å²) >= 11 is 3.71. The van der Waals surface area contributed by atoms with Gasteiger partial charge in [0.25, 0.3) is 0 Å².